The number of H-pyrrole nitrogens is 2. The van der Waals surface area contributed by atoms with Gasteiger partial charge in [0, 0.05) is 12.6 Å². The molecule has 1 aromatic carbocycles. The zero-order valence-electron chi connectivity index (χ0n) is 13.6. The first kappa shape index (κ1) is 15.3. The molecule has 1 aliphatic heterocycles. The first-order valence-electron chi connectivity index (χ1n) is 8.54. The van der Waals surface area contributed by atoms with Gasteiger partial charge in [0.1, 0.15) is 19.0 Å². The summed E-state index contributed by atoms with van der Waals surface area (Å²) in [6, 6.07) is 6.65. The molecule has 1 saturated carbocycles. The normalized spacial score (nSPS) is 17.5. The molecule has 2 aliphatic rings. The number of nitrogens with one attached hydrogen (secondary N) is 2. The van der Waals surface area contributed by atoms with Crippen molar-refractivity contribution in [2.45, 2.75) is 44.8 Å². The lowest BCUT2D eigenvalue weighted by molar-refractivity contribution is 0.167. The highest BCUT2D eigenvalue weighted by atomic mass is 16.6. The Morgan fingerprint density at radius 1 is 1.12 bits per heavy atom. The average molecular weight is 330 g/mol. The van der Waals surface area contributed by atoms with Gasteiger partial charge in [-0.05, 0) is 30.5 Å². The van der Waals surface area contributed by atoms with Crippen LogP contribution < -0.4 is 15.2 Å². The van der Waals surface area contributed by atoms with E-state index in [1.165, 1.54) is 31.2 Å². The molecular formula is C17H22N4O3. The Balaban J connectivity index is 1.53. The third-order valence-electron chi connectivity index (χ3n) is 4.74. The summed E-state index contributed by atoms with van der Waals surface area (Å²) in [5, 5.41) is 6.50. The van der Waals surface area contributed by atoms with E-state index in [2.05, 4.69) is 32.2 Å². The number of hydrogen-bond acceptors (Lipinski definition) is 5. The molecule has 0 saturated heterocycles. The number of hydrogen-bond donors (Lipinski definition) is 2. The van der Waals surface area contributed by atoms with Crippen molar-refractivity contribution in [1.29, 1.82) is 0 Å². The van der Waals surface area contributed by atoms with E-state index < -0.39 is 0 Å². The minimum Gasteiger partial charge on any atom is -0.486 e. The van der Waals surface area contributed by atoms with Crippen molar-refractivity contribution in [3.63, 3.8) is 0 Å². The van der Waals surface area contributed by atoms with Crippen LogP contribution in [0.15, 0.2) is 23.0 Å². The van der Waals surface area contributed by atoms with Gasteiger partial charge in [0.25, 0.3) is 0 Å². The number of nitrogens with zero attached hydrogens (tertiary/aromatic N) is 2. The molecule has 24 heavy (non-hydrogen) atoms. The maximum absolute atomic E-state index is 11.3. The number of ether oxygens (including phenoxy) is 2. The van der Waals surface area contributed by atoms with Gasteiger partial charge >= 0.3 is 5.69 Å². The molecule has 7 nitrogen and oxygen atoms in total. The third-order valence-corrected chi connectivity index (χ3v) is 4.74. The Kier molecular flexibility index (Phi) is 4.25. The Bertz CT molecular complexity index is 748. The molecule has 1 aromatic heterocycles. The van der Waals surface area contributed by atoms with Gasteiger partial charge < -0.3 is 9.47 Å². The van der Waals surface area contributed by atoms with E-state index in [1.54, 1.807) is 0 Å². The quantitative estimate of drug-likeness (QED) is 0.874. The fraction of sp³-hybridized carbons (Fsp3) is 0.529. The number of aromatic amines is 2. The van der Waals surface area contributed by atoms with Crippen LogP contribution in [0.3, 0.4) is 0 Å². The molecule has 1 aliphatic carbocycles. The van der Waals surface area contributed by atoms with Crippen LogP contribution >= 0.6 is 0 Å². The van der Waals surface area contributed by atoms with Crippen LogP contribution in [0.4, 0.5) is 0 Å². The third kappa shape index (κ3) is 3.31. The molecule has 0 radical (unpaired) electrons. The summed E-state index contributed by atoms with van der Waals surface area (Å²) < 4.78 is 11.3. The van der Waals surface area contributed by atoms with Gasteiger partial charge in [0.2, 0.25) is 0 Å². The van der Waals surface area contributed by atoms with Crippen molar-refractivity contribution in [3.8, 4) is 11.5 Å². The second-order valence-electron chi connectivity index (χ2n) is 6.45. The topological polar surface area (TPSA) is 83.2 Å². The summed E-state index contributed by atoms with van der Waals surface area (Å²) in [5.74, 6) is 2.32. The van der Waals surface area contributed by atoms with Crippen LogP contribution in [0.2, 0.25) is 0 Å². The van der Waals surface area contributed by atoms with Crippen molar-refractivity contribution in [3.05, 3.63) is 40.1 Å². The standard InChI is InChI=1S/C17H22N4O3/c22-17-18-16(19-20-17)11-21(13-3-1-2-4-13)10-12-5-6-14-15(9-12)24-8-7-23-14/h5-6,9,13H,1-4,7-8,10-11H2,(H2,18,19,20,22). The summed E-state index contributed by atoms with van der Waals surface area (Å²) >= 11 is 0. The number of rotatable bonds is 5. The summed E-state index contributed by atoms with van der Waals surface area (Å²) in [4.78, 5) is 16.4. The maximum Gasteiger partial charge on any atom is 0.340 e. The molecule has 0 unspecified atom stereocenters. The molecule has 2 heterocycles. The van der Waals surface area contributed by atoms with Gasteiger partial charge in [0.15, 0.2) is 11.5 Å². The van der Waals surface area contributed by atoms with Crippen LogP contribution in [-0.4, -0.2) is 39.3 Å². The van der Waals surface area contributed by atoms with E-state index in [-0.39, 0.29) is 5.69 Å². The van der Waals surface area contributed by atoms with Crippen LogP contribution in [0.1, 0.15) is 37.1 Å². The van der Waals surface area contributed by atoms with Crippen molar-refractivity contribution in [1.82, 2.24) is 20.1 Å². The Morgan fingerprint density at radius 2 is 1.92 bits per heavy atom. The monoisotopic (exact) mass is 330 g/mol. The van der Waals surface area contributed by atoms with E-state index in [1.807, 2.05) is 6.07 Å². The number of benzene rings is 1. The van der Waals surface area contributed by atoms with Gasteiger partial charge in [-0.15, -0.1) is 0 Å². The SMILES string of the molecule is O=c1[nH]nc(CN(Cc2ccc3c(c2)OCCO3)C2CCCC2)[nH]1. The molecule has 4 rings (SSSR count). The van der Waals surface area contributed by atoms with E-state index in [0.29, 0.717) is 31.6 Å². The molecule has 0 amide bonds. The Labute approximate surface area is 140 Å². The molecule has 2 N–H and O–H groups in total. The first-order valence-corrected chi connectivity index (χ1v) is 8.54. The molecule has 1 fully saturated rings. The minimum atomic E-state index is -0.254. The van der Waals surface area contributed by atoms with Crippen molar-refractivity contribution < 1.29 is 9.47 Å². The van der Waals surface area contributed by atoms with Gasteiger partial charge in [-0.25, -0.2) is 9.89 Å². The summed E-state index contributed by atoms with van der Waals surface area (Å²) in [6.45, 7) is 2.64. The smallest absolute Gasteiger partial charge is 0.340 e. The first-order chi connectivity index (χ1) is 11.8. The highest BCUT2D eigenvalue weighted by Gasteiger charge is 2.24. The van der Waals surface area contributed by atoms with Crippen molar-refractivity contribution in [2.24, 2.45) is 0 Å². The predicted octanol–water partition coefficient (Wildman–Crippen LogP) is 1.81. The van der Waals surface area contributed by atoms with E-state index >= 15 is 0 Å². The van der Waals surface area contributed by atoms with Crippen molar-refractivity contribution in [2.75, 3.05) is 13.2 Å². The molecule has 0 bridgehead atoms. The van der Waals surface area contributed by atoms with Crippen LogP contribution in [-0.2, 0) is 13.1 Å². The summed E-state index contributed by atoms with van der Waals surface area (Å²) in [7, 11) is 0. The average Bonchev–Trinajstić information content (AvgIpc) is 3.26. The zero-order valence-corrected chi connectivity index (χ0v) is 13.6. The lowest BCUT2D eigenvalue weighted by atomic mass is 10.1. The lowest BCUT2D eigenvalue weighted by Gasteiger charge is -2.28. The second kappa shape index (κ2) is 6.68. The molecular weight excluding hydrogens is 308 g/mol. The Hall–Kier alpha value is -2.28. The molecule has 7 heteroatoms. The zero-order chi connectivity index (χ0) is 16.4. The second-order valence-corrected chi connectivity index (χ2v) is 6.45. The summed E-state index contributed by atoms with van der Waals surface area (Å²) in [5.41, 5.74) is 0.930. The van der Waals surface area contributed by atoms with Crippen LogP contribution in [0.5, 0.6) is 11.5 Å². The maximum atomic E-state index is 11.3. The summed E-state index contributed by atoms with van der Waals surface area (Å²) in [6.07, 6.45) is 4.91. The highest BCUT2D eigenvalue weighted by Crippen LogP contribution is 2.32. The Morgan fingerprint density at radius 3 is 2.67 bits per heavy atom. The van der Waals surface area contributed by atoms with Crippen molar-refractivity contribution >= 4 is 0 Å². The fourth-order valence-corrected chi connectivity index (χ4v) is 3.58. The van der Waals surface area contributed by atoms with Crippen LogP contribution in [0.25, 0.3) is 0 Å². The number of aromatic nitrogens is 3. The molecule has 128 valence electrons. The molecule has 0 spiro atoms. The largest absolute Gasteiger partial charge is 0.486 e. The van der Waals surface area contributed by atoms with E-state index in [4.69, 9.17) is 9.47 Å². The van der Waals surface area contributed by atoms with Gasteiger partial charge in [-0.3, -0.25) is 9.88 Å². The van der Waals surface area contributed by atoms with Gasteiger partial charge in [0.05, 0.1) is 6.54 Å². The van der Waals surface area contributed by atoms with Gasteiger partial charge in [-0.1, -0.05) is 18.9 Å². The molecule has 2 aromatic rings. The predicted molar refractivity (Wildman–Crippen MR) is 88.1 cm³/mol. The van der Waals surface area contributed by atoms with Gasteiger partial charge in [-0.2, -0.15) is 5.10 Å². The fourth-order valence-electron chi connectivity index (χ4n) is 3.58. The highest BCUT2D eigenvalue weighted by molar-refractivity contribution is 5.43. The number of fused-ring (bicyclic) bond motifs is 1. The molecule has 0 atom stereocenters. The van der Waals surface area contributed by atoms with E-state index in [0.717, 1.165) is 18.0 Å². The minimum absolute atomic E-state index is 0.254. The lowest BCUT2D eigenvalue weighted by Crippen LogP contribution is -2.32. The van der Waals surface area contributed by atoms with E-state index in [9.17, 15) is 4.79 Å². The van der Waals surface area contributed by atoms with Crippen LogP contribution in [0, 0.1) is 0 Å².